The highest BCUT2D eigenvalue weighted by atomic mass is 16.5. The molecule has 5 heteroatoms. The van der Waals surface area contributed by atoms with Crippen LogP contribution in [0, 0.1) is 0 Å². The van der Waals surface area contributed by atoms with Crippen molar-refractivity contribution in [2.75, 3.05) is 26.3 Å². The van der Waals surface area contributed by atoms with Crippen molar-refractivity contribution in [2.24, 2.45) is 0 Å². The zero-order chi connectivity index (χ0) is 14.1. The molecule has 21 heavy (non-hydrogen) atoms. The van der Waals surface area contributed by atoms with Crippen LogP contribution in [-0.4, -0.2) is 52.4 Å². The third-order valence-corrected chi connectivity index (χ3v) is 5.55. The van der Waals surface area contributed by atoms with Gasteiger partial charge in [-0.15, -0.1) is 0 Å². The van der Waals surface area contributed by atoms with E-state index in [9.17, 15) is 0 Å². The van der Waals surface area contributed by atoms with Gasteiger partial charge in [0.15, 0.2) is 5.82 Å². The lowest BCUT2D eigenvalue weighted by molar-refractivity contribution is 0.0829. The van der Waals surface area contributed by atoms with E-state index in [1.807, 2.05) is 0 Å². The van der Waals surface area contributed by atoms with Gasteiger partial charge in [-0.25, -0.2) is 4.98 Å². The molecule has 0 spiro atoms. The summed E-state index contributed by atoms with van der Waals surface area (Å²) in [7, 11) is 0. The van der Waals surface area contributed by atoms with Gasteiger partial charge in [0.1, 0.15) is 5.82 Å². The largest absolute Gasteiger partial charge is 0.381 e. The van der Waals surface area contributed by atoms with Crippen LogP contribution in [0.5, 0.6) is 0 Å². The lowest BCUT2D eigenvalue weighted by Gasteiger charge is -2.43. The normalized spacial score (nSPS) is 32.0. The molecule has 2 atom stereocenters. The number of rotatable bonds is 2. The highest BCUT2D eigenvalue weighted by molar-refractivity contribution is 5.08. The van der Waals surface area contributed by atoms with E-state index in [-0.39, 0.29) is 0 Å². The molecule has 1 N–H and O–H groups in total. The summed E-state index contributed by atoms with van der Waals surface area (Å²) in [6.45, 7) is 4.28. The predicted molar refractivity (Wildman–Crippen MR) is 80.4 cm³/mol. The smallest absolute Gasteiger partial charge is 0.155 e. The van der Waals surface area contributed by atoms with Crippen LogP contribution in [-0.2, 0) is 4.74 Å². The van der Waals surface area contributed by atoms with E-state index in [1.165, 1.54) is 45.2 Å². The summed E-state index contributed by atoms with van der Waals surface area (Å²) >= 11 is 0. The van der Waals surface area contributed by atoms with Gasteiger partial charge in [0.05, 0.1) is 0 Å². The first-order chi connectivity index (χ1) is 10.4. The molecule has 4 rings (SSSR count). The minimum absolute atomic E-state index is 0.519. The van der Waals surface area contributed by atoms with Crippen molar-refractivity contribution in [2.45, 2.75) is 62.8 Å². The van der Waals surface area contributed by atoms with Gasteiger partial charge in [0.25, 0.3) is 0 Å². The highest BCUT2D eigenvalue weighted by Crippen LogP contribution is 2.36. The number of aromatic nitrogens is 3. The maximum Gasteiger partial charge on any atom is 0.155 e. The number of fused-ring (bicyclic) bond motifs is 1. The molecule has 0 aromatic carbocycles. The zero-order valence-corrected chi connectivity index (χ0v) is 12.8. The molecule has 1 aromatic rings. The summed E-state index contributed by atoms with van der Waals surface area (Å²) in [6, 6.07) is 0.686. The molecule has 5 nitrogen and oxygen atoms in total. The Morgan fingerprint density at radius 2 is 1.86 bits per heavy atom. The molecule has 0 amide bonds. The monoisotopic (exact) mass is 290 g/mol. The fraction of sp³-hybridized carbons (Fsp3) is 0.875. The van der Waals surface area contributed by atoms with Gasteiger partial charge in [-0.1, -0.05) is 6.42 Å². The van der Waals surface area contributed by atoms with Crippen molar-refractivity contribution in [1.29, 1.82) is 0 Å². The number of hydrogen-bond acceptors (Lipinski definition) is 4. The van der Waals surface area contributed by atoms with Crippen LogP contribution in [0.25, 0.3) is 0 Å². The van der Waals surface area contributed by atoms with Gasteiger partial charge in [-0.05, 0) is 51.6 Å². The molecule has 1 aromatic heterocycles. The third kappa shape index (κ3) is 2.73. The van der Waals surface area contributed by atoms with Gasteiger partial charge in [-0.3, -0.25) is 10.00 Å². The van der Waals surface area contributed by atoms with Crippen molar-refractivity contribution in [1.82, 2.24) is 20.1 Å². The Kier molecular flexibility index (Phi) is 3.95. The third-order valence-electron chi connectivity index (χ3n) is 5.55. The molecule has 116 valence electrons. The van der Waals surface area contributed by atoms with Crippen LogP contribution >= 0.6 is 0 Å². The first-order valence-corrected chi connectivity index (χ1v) is 8.66. The molecule has 0 radical (unpaired) electrons. The Morgan fingerprint density at radius 3 is 2.76 bits per heavy atom. The average Bonchev–Trinajstić information content (AvgIpc) is 3.05. The van der Waals surface area contributed by atoms with Crippen LogP contribution in [0.1, 0.15) is 68.4 Å². The Morgan fingerprint density at radius 1 is 1.00 bits per heavy atom. The molecule has 4 heterocycles. The Bertz CT molecular complexity index is 467. The quantitative estimate of drug-likeness (QED) is 0.909. The Balaban J connectivity index is 1.51. The van der Waals surface area contributed by atoms with E-state index in [0.717, 1.165) is 37.7 Å². The zero-order valence-electron chi connectivity index (χ0n) is 12.8. The number of nitrogens with zero attached hydrogens (tertiary/aromatic N) is 3. The predicted octanol–water partition coefficient (Wildman–Crippen LogP) is 2.43. The minimum Gasteiger partial charge on any atom is -0.381 e. The summed E-state index contributed by atoms with van der Waals surface area (Å²) in [5, 5.41) is 7.84. The number of nitrogens with one attached hydrogen (secondary N) is 1. The second-order valence-electron chi connectivity index (χ2n) is 6.81. The lowest BCUT2D eigenvalue weighted by Crippen LogP contribution is -2.47. The van der Waals surface area contributed by atoms with Crippen LogP contribution in [0.4, 0.5) is 0 Å². The summed E-state index contributed by atoms with van der Waals surface area (Å²) in [5.41, 5.74) is 0. The molecule has 0 bridgehead atoms. The average molecular weight is 290 g/mol. The molecule has 3 saturated heterocycles. The van der Waals surface area contributed by atoms with E-state index in [0.29, 0.717) is 17.9 Å². The topological polar surface area (TPSA) is 54.0 Å². The van der Waals surface area contributed by atoms with Gasteiger partial charge in [0.2, 0.25) is 0 Å². The molecule has 3 fully saturated rings. The van der Waals surface area contributed by atoms with Crippen molar-refractivity contribution in [3.05, 3.63) is 11.6 Å². The summed E-state index contributed by atoms with van der Waals surface area (Å²) in [5.74, 6) is 3.24. The number of hydrogen-bond donors (Lipinski definition) is 1. The van der Waals surface area contributed by atoms with Crippen molar-refractivity contribution in [3.63, 3.8) is 0 Å². The van der Waals surface area contributed by atoms with E-state index in [2.05, 4.69) is 15.1 Å². The second kappa shape index (κ2) is 6.05. The van der Waals surface area contributed by atoms with Crippen LogP contribution in [0.15, 0.2) is 0 Å². The number of H-pyrrole nitrogens is 1. The molecule has 0 unspecified atom stereocenters. The van der Waals surface area contributed by atoms with Gasteiger partial charge in [0, 0.05) is 31.1 Å². The number of ether oxygens (including phenoxy) is 1. The first kappa shape index (κ1) is 13.7. The second-order valence-corrected chi connectivity index (χ2v) is 6.81. The molecule has 0 saturated carbocycles. The number of aromatic amines is 1. The summed E-state index contributed by atoms with van der Waals surface area (Å²) in [4.78, 5) is 7.58. The summed E-state index contributed by atoms with van der Waals surface area (Å²) < 4.78 is 5.45. The van der Waals surface area contributed by atoms with Gasteiger partial charge in [-0.2, -0.15) is 5.10 Å². The Labute approximate surface area is 126 Å². The van der Waals surface area contributed by atoms with E-state index < -0.39 is 0 Å². The Hall–Kier alpha value is -0.940. The van der Waals surface area contributed by atoms with Crippen LogP contribution < -0.4 is 0 Å². The van der Waals surface area contributed by atoms with E-state index in [1.54, 1.807) is 0 Å². The fourth-order valence-electron chi connectivity index (χ4n) is 4.37. The van der Waals surface area contributed by atoms with Crippen molar-refractivity contribution >= 4 is 0 Å². The van der Waals surface area contributed by atoms with Crippen molar-refractivity contribution < 1.29 is 4.74 Å². The minimum atomic E-state index is 0.519. The molecule has 0 aliphatic carbocycles. The molecule has 3 aliphatic rings. The SMILES string of the molecule is C1CCN2CCC[C@@H](c3n[nH]c(C4CCOCC4)n3)[C@H]2C1. The number of piperidine rings is 2. The molecule has 3 aliphatic heterocycles. The molecular weight excluding hydrogens is 264 g/mol. The fourth-order valence-corrected chi connectivity index (χ4v) is 4.37. The van der Waals surface area contributed by atoms with Gasteiger partial charge < -0.3 is 4.74 Å². The molecular formula is C16H26N4O. The van der Waals surface area contributed by atoms with E-state index >= 15 is 0 Å². The summed E-state index contributed by atoms with van der Waals surface area (Å²) in [6.07, 6.45) is 8.77. The van der Waals surface area contributed by atoms with Crippen LogP contribution in [0.3, 0.4) is 0 Å². The lowest BCUT2D eigenvalue weighted by atomic mass is 9.83. The maximum atomic E-state index is 5.45. The van der Waals surface area contributed by atoms with Crippen molar-refractivity contribution in [3.8, 4) is 0 Å². The van der Waals surface area contributed by atoms with Gasteiger partial charge >= 0.3 is 0 Å². The van der Waals surface area contributed by atoms with E-state index in [4.69, 9.17) is 9.72 Å². The maximum absolute atomic E-state index is 5.45. The highest BCUT2D eigenvalue weighted by Gasteiger charge is 2.36. The van der Waals surface area contributed by atoms with Crippen LogP contribution in [0.2, 0.25) is 0 Å². The first-order valence-electron chi connectivity index (χ1n) is 8.66. The standard InChI is InChI=1S/C16H26N4O/c1-2-8-20-9-3-4-13(14(20)5-1)16-17-15(18-19-16)12-6-10-21-11-7-12/h12-14H,1-11H2,(H,17,18,19)/t13-,14-/m1/s1.